The topological polar surface area (TPSA) is 85.9 Å². The number of nitrogens with one attached hydrogen (secondary N) is 1. The normalized spacial score (nSPS) is 17.2. The third kappa shape index (κ3) is 4.97. The van der Waals surface area contributed by atoms with Crippen LogP contribution in [-0.4, -0.2) is 72.1 Å². The highest BCUT2D eigenvalue weighted by Gasteiger charge is 2.37. The summed E-state index contributed by atoms with van der Waals surface area (Å²) in [4.78, 5) is 19.0. The summed E-state index contributed by atoms with van der Waals surface area (Å²) in [5.74, 6) is -0.429. The predicted octanol–water partition coefficient (Wildman–Crippen LogP) is 4.08. The standard InChI is InChI=1S/C24H24Cl3FN4O4S/c1-36-22-5-3-16(13-21(22)30-8-10-31(11-9-30)23(33)24(25,26)27)37(34,35)32-7-6-18-17-4-2-15(28)12-19(17)29-20(18)14-32/h2-5,12-13,29H,6-11,14H2,1H3. The molecular formula is C24H24Cl3FN4O4S. The van der Waals surface area contributed by atoms with Gasteiger partial charge in [0.2, 0.25) is 10.0 Å². The number of H-pyrrole nitrogens is 1. The summed E-state index contributed by atoms with van der Waals surface area (Å²) >= 11 is 17.2. The molecule has 0 spiro atoms. The van der Waals surface area contributed by atoms with Crippen molar-refractivity contribution in [2.75, 3.05) is 44.7 Å². The highest BCUT2D eigenvalue weighted by atomic mass is 35.6. The van der Waals surface area contributed by atoms with Gasteiger partial charge in [0.05, 0.1) is 24.2 Å². The van der Waals surface area contributed by atoms with Crippen molar-refractivity contribution in [2.45, 2.75) is 21.7 Å². The van der Waals surface area contributed by atoms with E-state index in [1.165, 1.54) is 34.5 Å². The third-order valence-electron chi connectivity index (χ3n) is 6.84. The van der Waals surface area contributed by atoms with Crippen molar-refractivity contribution in [3.05, 3.63) is 53.5 Å². The highest BCUT2D eigenvalue weighted by Crippen LogP contribution is 2.36. The minimum absolute atomic E-state index is 0.133. The number of carbonyl (C=O) groups excluding carboxylic acids is 1. The average Bonchev–Trinajstić information content (AvgIpc) is 3.24. The van der Waals surface area contributed by atoms with Crippen LogP contribution in [0.2, 0.25) is 0 Å². The fourth-order valence-electron chi connectivity index (χ4n) is 4.96. The van der Waals surface area contributed by atoms with Gasteiger partial charge in [-0.15, -0.1) is 0 Å². The van der Waals surface area contributed by atoms with Crippen LogP contribution in [0.15, 0.2) is 41.3 Å². The van der Waals surface area contributed by atoms with Crippen molar-refractivity contribution in [1.82, 2.24) is 14.2 Å². The SMILES string of the molecule is COc1ccc(S(=O)(=O)N2CCc3c([nH]c4cc(F)ccc34)C2)cc1N1CCN(C(=O)C(Cl)(Cl)Cl)CC1. The van der Waals surface area contributed by atoms with E-state index in [4.69, 9.17) is 39.5 Å². The van der Waals surface area contributed by atoms with Gasteiger partial charge in [-0.05, 0) is 48.4 Å². The molecule has 3 heterocycles. The Morgan fingerprint density at radius 3 is 2.46 bits per heavy atom. The molecule has 2 aliphatic heterocycles. The van der Waals surface area contributed by atoms with Crippen molar-refractivity contribution >= 4 is 67.3 Å². The molecule has 1 aromatic heterocycles. The van der Waals surface area contributed by atoms with Gasteiger partial charge in [-0.2, -0.15) is 4.31 Å². The first-order chi connectivity index (χ1) is 17.5. The summed E-state index contributed by atoms with van der Waals surface area (Å²) in [6.07, 6.45) is 0.516. The lowest BCUT2D eigenvalue weighted by molar-refractivity contribution is -0.130. The molecule has 1 fully saturated rings. The lowest BCUT2D eigenvalue weighted by Crippen LogP contribution is -2.51. The molecule has 37 heavy (non-hydrogen) atoms. The van der Waals surface area contributed by atoms with E-state index in [2.05, 4.69) is 4.98 Å². The predicted molar refractivity (Wildman–Crippen MR) is 142 cm³/mol. The molecule has 0 bridgehead atoms. The summed E-state index contributed by atoms with van der Waals surface area (Å²) in [5, 5.41) is 0.910. The van der Waals surface area contributed by atoms with E-state index >= 15 is 0 Å². The Labute approximate surface area is 228 Å². The molecular weight excluding hydrogens is 566 g/mol. The fraction of sp³-hybridized carbons (Fsp3) is 0.375. The molecule has 3 aromatic rings. The second kappa shape index (κ2) is 9.81. The second-order valence-electron chi connectivity index (χ2n) is 8.97. The van der Waals surface area contributed by atoms with Gasteiger partial charge in [0.15, 0.2) is 0 Å². The monoisotopic (exact) mass is 588 g/mol. The maximum Gasteiger partial charge on any atom is 0.274 e. The van der Waals surface area contributed by atoms with Gasteiger partial charge in [-0.3, -0.25) is 4.79 Å². The van der Waals surface area contributed by atoms with Crippen molar-refractivity contribution in [3.8, 4) is 5.75 Å². The minimum Gasteiger partial charge on any atom is -0.495 e. The number of halogens is 4. The summed E-state index contributed by atoms with van der Waals surface area (Å²) < 4.78 is 45.9. The van der Waals surface area contributed by atoms with Crippen LogP contribution in [0, 0.1) is 5.82 Å². The lowest BCUT2D eigenvalue weighted by atomic mass is 10.0. The zero-order chi connectivity index (χ0) is 26.5. The number of benzene rings is 2. The van der Waals surface area contributed by atoms with Crippen molar-refractivity contribution in [3.63, 3.8) is 0 Å². The van der Waals surface area contributed by atoms with Gasteiger partial charge < -0.3 is 19.5 Å². The number of nitrogens with zero attached hydrogens (tertiary/aromatic N) is 3. The first-order valence-electron chi connectivity index (χ1n) is 11.6. The van der Waals surface area contributed by atoms with Crippen LogP contribution >= 0.6 is 34.8 Å². The molecule has 13 heteroatoms. The number of alkyl halides is 3. The number of hydrogen-bond donors (Lipinski definition) is 1. The van der Waals surface area contributed by atoms with Gasteiger partial charge in [0.1, 0.15) is 11.6 Å². The molecule has 1 amide bonds. The number of amides is 1. The van der Waals surface area contributed by atoms with E-state index in [0.717, 1.165) is 16.6 Å². The number of anilines is 1. The molecule has 0 radical (unpaired) electrons. The van der Waals surface area contributed by atoms with E-state index in [-0.39, 0.29) is 17.3 Å². The van der Waals surface area contributed by atoms with Gasteiger partial charge in [0.25, 0.3) is 9.70 Å². The molecule has 5 rings (SSSR count). The van der Waals surface area contributed by atoms with E-state index in [1.807, 2.05) is 4.90 Å². The number of carbonyl (C=O) groups is 1. The third-order valence-corrected chi connectivity index (χ3v) is 9.17. The first-order valence-corrected chi connectivity index (χ1v) is 14.1. The number of aromatic nitrogens is 1. The number of piperazine rings is 1. The Morgan fingerprint density at radius 1 is 1.05 bits per heavy atom. The van der Waals surface area contributed by atoms with E-state index in [9.17, 15) is 17.6 Å². The molecule has 1 saturated heterocycles. The van der Waals surface area contributed by atoms with Crippen LogP contribution in [0.25, 0.3) is 10.9 Å². The molecule has 0 atom stereocenters. The maximum atomic E-state index is 13.7. The number of aromatic amines is 1. The van der Waals surface area contributed by atoms with Crippen molar-refractivity contribution in [1.29, 1.82) is 0 Å². The fourth-order valence-corrected chi connectivity index (χ4v) is 6.75. The van der Waals surface area contributed by atoms with Gasteiger partial charge >= 0.3 is 0 Å². The highest BCUT2D eigenvalue weighted by molar-refractivity contribution is 7.89. The molecule has 0 aliphatic carbocycles. The number of ether oxygens (including phenoxy) is 1. The molecule has 0 saturated carbocycles. The van der Waals surface area contributed by atoms with Crippen LogP contribution in [0.1, 0.15) is 11.3 Å². The van der Waals surface area contributed by atoms with Gasteiger partial charge in [-0.1, -0.05) is 34.8 Å². The first kappa shape index (κ1) is 26.4. The molecule has 198 valence electrons. The number of sulfonamides is 1. The van der Waals surface area contributed by atoms with E-state index in [1.54, 1.807) is 18.2 Å². The number of rotatable bonds is 4. The molecule has 1 N–H and O–H groups in total. The minimum atomic E-state index is -3.84. The van der Waals surface area contributed by atoms with E-state index in [0.29, 0.717) is 56.1 Å². The number of fused-ring (bicyclic) bond motifs is 3. The quantitative estimate of drug-likeness (QED) is 0.464. The Hall–Kier alpha value is -2.24. The molecule has 2 aliphatic rings. The van der Waals surface area contributed by atoms with E-state index < -0.39 is 19.7 Å². The van der Waals surface area contributed by atoms with Crippen molar-refractivity contribution in [2.24, 2.45) is 0 Å². The summed E-state index contributed by atoms with van der Waals surface area (Å²) in [6, 6.07) is 9.30. The Morgan fingerprint density at radius 2 is 1.78 bits per heavy atom. The van der Waals surface area contributed by atoms with Gasteiger partial charge in [-0.25, -0.2) is 12.8 Å². The number of hydrogen-bond acceptors (Lipinski definition) is 5. The molecule has 2 aromatic carbocycles. The van der Waals surface area contributed by atoms with Crippen molar-refractivity contribution < 1.29 is 22.3 Å². The zero-order valence-corrected chi connectivity index (χ0v) is 22.9. The van der Waals surface area contributed by atoms with Crippen LogP contribution in [0.3, 0.4) is 0 Å². The maximum absolute atomic E-state index is 13.7. The summed E-state index contributed by atoms with van der Waals surface area (Å²) in [7, 11) is -2.33. The average molecular weight is 590 g/mol. The smallest absolute Gasteiger partial charge is 0.274 e. The largest absolute Gasteiger partial charge is 0.495 e. The number of methoxy groups -OCH3 is 1. The Kier molecular flexibility index (Phi) is 6.99. The van der Waals surface area contributed by atoms with Crippen LogP contribution in [0.4, 0.5) is 10.1 Å². The molecule has 0 unspecified atom stereocenters. The second-order valence-corrected chi connectivity index (χ2v) is 13.2. The van der Waals surface area contributed by atoms with Crippen LogP contribution in [-0.2, 0) is 27.8 Å². The summed E-state index contributed by atoms with van der Waals surface area (Å²) in [5.41, 5.74) is 3.03. The summed E-state index contributed by atoms with van der Waals surface area (Å²) in [6.45, 7) is 1.90. The van der Waals surface area contributed by atoms with Crippen LogP contribution in [0.5, 0.6) is 5.75 Å². The molecule has 8 nitrogen and oxygen atoms in total. The van der Waals surface area contributed by atoms with Crippen LogP contribution < -0.4 is 9.64 Å². The Balaban J connectivity index is 1.38. The lowest BCUT2D eigenvalue weighted by Gasteiger charge is -2.37. The Bertz CT molecular complexity index is 1470. The zero-order valence-electron chi connectivity index (χ0n) is 19.8. The van der Waals surface area contributed by atoms with Gasteiger partial charge in [0, 0.05) is 49.3 Å².